The highest BCUT2D eigenvalue weighted by atomic mass is 16.3. The van der Waals surface area contributed by atoms with Gasteiger partial charge >= 0.3 is 0 Å². The highest BCUT2D eigenvalue weighted by molar-refractivity contribution is 5.94. The molecule has 1 aromatic heterocycles. The third-order valence-electron chi connectivity index (χ3n) is 3.37. The Labute approximate surface area is 111 Å². The van der Waals surface area contributed by atoms with E-state index in [1.54, 1.807) is 17.0 Å². The van der Waals surface area contributed by atoms with Crippen molar-refractivity contribution in [3.8, 4) is 0 Å². The van der Waals surface area contributed by atoms with Crippen molar-refractivity contribution in [3.05, 3.63) is 24.2 Å². The van der Waals surface area contributed by atoms with E-state index >= 15 is 0 Å². The Bertz CT molecular complexity index is 422. The van der Waals surface area contributed by atoms with Crippen LogP contribution in [-0.2, 0) is 4.79 Å². The molecule has 0 bridgehead atoms. The summed E-state index contributed by atoms with van der Waals surface area (Å²) in [5, 5.41) is 11.6. The molecule has 1 aromatic rings. The smallest absolute Gasteiger partial charge is 0.287 e. The summed E-state index contributed by atoms with van der Waals surface area (Å²) < 4.78 is 4.94. The molecule has 0 atom stereocenters. The molecule has 1 saturated heterocycles. The maximum Gasteiger partial charge on any atom is 0.287 e. The highest BCUT2D eigenvalue weighted by Gasteiger charge is 2.22. The summed E-state index contributed by atoms with van der Waals surface area (Å²) in [5.74, 6) is 0.00781. The number of hydrogen-bond acceptors (Lipinski definition) is 4. The molecule has 1 aliphatic rings. The van der Waals surface area contributed by atoms with Crippen molar-refractivity contribution in [2.24, 2.45) is 5.92 Å². The zero-order valence-electron chi connectivity index (χ0n) is 10.7. The Balaban J connectivity index is 1.74. The van der Waals surface area contributed by atoms with Crippen LogP contribution in [0.4, 0.5) is 0 Å². The molecule has 0 unspecified atom stereocenters. The van der Waals surface area contributed by atoms with Gasteiger partial charge in [-0.3, -0.25) is 9.59 Å². The van der Waals surface area contributed by atoms with Gasteiger partial charge in [0.05, 0.1) is 12.8 Å². The largest absolute Gasteiger partial charge is 0.459 e. The Hall–Kier alpha value is -1.82. The van der Waals surface area contributed by atoms with Crippen LogP contribution in [-0.4, -0.2) is 48.1 Å². The number of rotatable bonds is 4. The lowest BCUT2D eigenvalue weighted by atomic mass is 9.98. The predicted octanol–water partition coefficient (Wildman–Crippen LogP) is 0.240. The Morgan fingerprint density at radius 3 is 2.74 bits per heavy atom. The Kier molecular flexibility index (Phi) is 4.57. The molecule has 0 aliphatic carbocycles. The van der Waals surface area contributed by atoms with Gasteiger partial charge in [-0.25, -0.2) is 0 Å². The summed E-state index contributed by atoms with van der Waals surface area (Å²) in [5.41, 5.74) is 0. The number of nitrogens with zero attached hydrogens (tertiary/aromatic N) is 1. The average Bonchev–Trinajstić information content (AvgIpc) is 2.98. The molecule has 2 heterocycles. The number of piperidine rings is 1. The molecule has 1 aliphatic heterocycles. The second-order valence-corrected chi connectivity index (χ2v) is 4.67. The zero-order chi connectivity index (χ0) is 13.7. The third kappa shape index (κ3) is 3.57. The number of amides is 2. The molecule has 1 fully saturated rings. The molecule has 0 radical (unpaired) electrons. The van der Waals surface area contributed by atoms with E-state index in [0.29, 0.717) is 19.0 Å². The standard InChI is InChI=1S/C13H18N2O4/c16-9-10-3-5-15(6-4-10)12(17)8-14-13(18)11-2-1-7-19-11/h1-2,7,10,16H,3-6,8-9H2,(H,14,18). The van der Waals surface area contributed by atoms with Crippen molar-refractivity contribution in [3.63, 3.8) is 0 Å². The minimum atomic E-state index is -0.386. The summed E-state index contributed by atoms with van der Waals surface area (Å²) in [4.78, 5) is 25.2. The first-order valence-electron chi connectivity index (χ1n) is 6.41. The van der Waals surface area contributed by atoms with Crippen LogP contribution in [0, 0.1) is 5.92 Å². The summed E-state index contributed by atoms with van der Waals surface area (Å²) in [6, 6.07) is 3.17. The van der Waals surface area contributed by atoms with Crippen LogP contribution in [0.2, 0.25) is 0 Å². The van der Waals surface area contributed by atoms with E-state index in [0.717, 1.165) is 12.8 Å². The molecule has 19 heavy (non-hydrogen) atoms. The van der Waals surface area contributed by atoms with Crippen molar-refractivity contribution in [1.29, 1.82) is 0 Å². The number of carbonyl (C=O) groups is 2. The van der Waals surface area contributed by atoms with Crippen molar-refractivity contribution in [1.82, 2.24) is 10.2 Å². The van der Waals surface area contributed by atoms with Gasteiger partial charge in [-0.15, -0.1) is 0 Å². The monoisotopic (exact) mass is 266 g/mol. The summed E-state index contributed by atoms with van der Waals surface area (Å²) in [7, 11) is 0. The van der Waals surface area contributed by atoms with E-state index in [4.69, 9.17) is 9.52 Å². The average molecular weight is 266 g/mol. The molecule has 2 rings (SSSR count). The van der Waals surface area contributed by atoms with Crippen molar-refractivity contribution >= 4 is 11.8 Å². The minimum Gasteiger partial charge on any atom is -0.459 e. The molecular formula is C13H18N2O4. The first kappa shape index (κ1) is 13.6. The second-order valence-electron chi connectivity index (χ2n) is 4.67. The Morgan fingerprint density at radius 1 is 1.42 bits per heavy atom. The van der Waals surface area contributed by atoms with Gasteiger partial charge in [0, 0.05) is 19.7 Å². The van der Waals surface area contributed by atoms with Gasteiger partial charge in [0.25, 0.3) is 5.91 Å². The highest BCUT2D eigenvalue weighted by Crippen LogP contribution is 2.16. The summed E-state index contributed by atoms with van der Waals surface area (Å²) in [6.07, 6.45) is 3.04. The van der Waals surface area contributed by atoms with Gasteiger partial charge in [0.2, 0.25) is 5.91 Å². The minimum absolute atomic E-state index is 0.0245. The SMILES string of the molecule is O=C(NCC(=O)N1CCC(CO)CC1)c1ccco1. The van der Waals surface area contributed by atoms with Crippen LogP contribution >= 0.6 is 0 Å². The number of furan rings is 1. The van der Waals surface area contributed by atoms with E-state index in [1.165, 1.54) is 6.26 Å². The first-order chi connectivity index (χ1) is 9.20. The Morgan fingerprint density at radius 2 is 2.16 bits per heavy atom. The van der Waals surface area contributed by atoms with Crippen LogP contribution < -0.4 is 5.32 Å². The van der Waals surface area contributed by atoms with Gasteiger partial charge in [-0.05, 0) is 30.9 Å². The maximum atomic E-state index is 11.9. The normalized spacial score (nSPS) is 16.4. The zero-order valence-corrected chi connectivity index (χ0v) is 10.7. The van der Waals surface area contributed by atoms with E-state index in [-0.39, 0.29) is 30.7 Å². The molecule has 0 aromatic carbocycles. The second kappa shape index (κ2) is 6.38. The predicted molar refractivity (Wildman–Crippen MR) is 67.4 cm³/mol. The van der Waals surface area contributed by atoms with Gasteiger partial charge in [0.1, 0.15) is 0 Å². The van der Waals surface area contributed by atoms with Crippen molar-refractivity contribution in [2.45, 2.75) is 12.8 Å². The lowest BCUT2D eigenvalue weighted by molar-refractivity contribution is -0.131. The number of aliphatic hydroxyl groups is 1. The third-order valence-corrected chi connectivity index (χ3v) is 3.37. The fourth-order valence-electron chi connectivity index (χ4n) is 2.13. The lowest BCUT2D eigenvalue weighted by Crippen LogP contribution is -2.44. The van der Waals surface area contributed by atoms with E-state index in [9.17, 15) is 9.59 Å². The number of aliphatic hydroxyl groups excluding tert-OH is 1. The first-order valence-corrected chi connectivity index (χ1v) is 6.41. The van der Waals surface area contributed by atoms with Crippen LogP contribution in [0.1, 0.15) is 23.4 Å². The number of likely N-dealkylation sites (tertiary alicyclic amines) is 1. The quantitative estimate of drug-likeness (QED) is 0.818. The number of hydrogen-bond donors (Lipinski definition) is 2. The van der Waals surface area contributed by atoms with Gasteiger partial charge in [0.15, 0.2) is 5.76 Å². The summed E-state index contributed by atoms with van der Waals surface area (Å²) >= 11 is 0. The maximum absolute atomic E-state index is 11.9. The topological polar surface area (TPSA) is 82.8 Å². The van der Waals surface area contributed by atoms with E-state index in [1.807, 2.05) is 0 Å². The molecule has 0 spiro atoms. The van der Waals surface area contributed by atoms with Crippen molar-refractivity contribution in [2.75, 3.05) is 26.2 Å². The van der Waals surface area contributed by atoms with E-state index < -0.39 is 0 Å². The number of nitrogens with one attached hydrogen (secondary N) is 1. The van der Waals surface area contributed by atoms with E-state index in [2.05, 4.69) is 5.32 Å². The van der Waals surface area contributed by atoms with Crippen LogP contribution in [0.5, 0.6) is 0 Å². The van der Waals surface area contributed by atoms with Gasteiger partial charge in [-0.2, -0.15) is 0 Å². The van der Waals surface area contributed by atoms with Gasteiger partial charge < -0.3 is 19.7 Å². The van der Waals surface area contributed by atoms with Crippen LogP contribution in [0.15, 0.2) is 22.8 Å². The lowest BCUT2D eigenvalue weighted by Gasteiger charge is -2.31. The molecule has 0 saturated carbocycles. The van der Waals surface area contributed by atoms with Crippen LogP contribution in [0.25, 0.3) is 0 Å². The molecular weight excluding hydrogens is 248 g/mol. The fourth-order valence-corrected chi connectivity index (χ4v) is 2.13. The molecule has 6 nitrogen and oxygen atoms in total. The molecule has 104 valence electrons. The van der Waals surface area contributed by atoms with Gasteiger partial charge in [-0.1, -0.05) is 0 Å². The van der Waals surface area contributed by atoms with Crippen LogP contribution in [0.3, 0.4) is 0 Å². The molecule has 6 heteroatoms. The fraction of sp³-hybridized carbons (Fsp3) is 0.538. The number of carbonyl (C=O) groups excluding carboxylic acids is 2. The molecule has 2 N–H and O–H groups in total. The summed E-state index contributed by atoms with van der Waals surface area (Å²) in [6.45, 7) is 1.43. The van der Waals surface area contributed by atoms with Crippen molar-refractivity contribution < 1.29 is 19.1 Å². The molecule has 2 amide bonds.